The van der Waals surface area contributed by atoms with Gasteiger partial charge in [-0.15, -0.1) is 0 Å². The summed E-state index contributed by atoms with van der Waals surface area (Å²) in [6.45, 7) is 6.50. The third-order valence-corrected chi connectivity index (χ3v) is 14.3. The van der Waals surface area contributed by atoms with Gasteiger partial charge in [-0.3, -0.25) is 38.5 Å². The molecule has 3 aliphatic rings. The van der Waals surface area contributed by atoms with E-state index in [1.807, 2.05) is 0 Å². The molecule has 16 atom stereocenters. The molecular formula is C50H82N8O16. The first-order valence-electron chi connectivity index (χ1n) is 26.0. The van der Waals surface area contributed by atoms with Gasteiger partial charge in [0, 0.05) is 38.9 Å². The number of phenols is 1. The number of hydrogen-bond acceptors (Lipinski definition) is 17. The second-order valence-electron chi connectivity index (χ2n) is 20.7. The first-order chi connectivity index (χ1) is 34.9. The molecule has 418 valence electrons. The topological polar surface area (TPSA) is 394 Å². The summed E-state index contributed by atoms with van der Waals surface area (Å²) in [5.74, 6) is -6.26. The Kier molecular flexibility index (Phi) is 24.4. The third kappa shape index (κ3) is 18.4. The highest BCUT2D eigenvalue weighted by atomic mass is 16.3. The van der Waals surface area contributed by atoms with E-state index < -0.39 is 159 Å². The van der Waals surface area contributed by atoms with E-state index in [9.17, 15) is 79.5 Å². The summed E-state index contributed by atoms with van der Waals surface area (Å²) in [5, 5.41) is 111. The number of nitrogens with one attached hydrogen (secondary N) is 5. The van der Waals surface area contributed by atoms with Crippen molar-refractivity contribution in [3.05, 3.63) is 29.8 Å². The Hall–Kier alpha value is -5.05. The van der Waals surface area contributed by atoms with Gasteiger partial charge >= 0.3 is 0 Å². The second kappa shape index (κ2) is 29.3. The zero-order valence-electron chi connectivity index (χ0n) is 42.9. The molecule has 24 heteroatoms. The lowest BCUT2D eigenvalue weighted by Gasteiger charge is -2.34. The molecule has 1 aromatic rings. The minimum absolute atomic E-state index is 0.0414. The Morgan fingerprint density at radius 1 is 0.716 bits per heavy atom. The third-order valence-electron chi connectivity index (χ3n) is 14.3. The molecule has 16 unspecified atom stereocenters. The normalized spacial score (nSPS) is 29.5. The molecule has 16 N–H and O–H groups in total. The Morgan fingerprint density at radius 3 is 1.95 bits per heavy atom. The summed E-state index contributed by atoms with van der Waals surface area (Å²) in [5.41, 5.74) is 5.34. The van der Waals surface area contributed by atoms with E-state index in [4.69, 9.17) is 5.73 Å². The molecule has 3 heterocycles. The van der Waals surface area contributed by atoms with E-state index in [0.717, 1.165) is 50.3 Å². The van der Waals surface area contributed by atoms with Gasteiger partial charge in [-0.05, 0) is 55.7 Å². The number of fused-ring (bicyclic) bond motifs is 2. The number of phenolic OH excluding ortho intramolecular Hbond substituents is 1. The summed E-state index contributed by atoms with van der Waals surface area (Å²) in [6.07, 6.45) is -8.14. The molecule has 24 nitrogen and oxygen atoms in total. The van der Waals surface area contributed by atoms with Crippen molar-refractivity contribution >= 4 is 41.4 Å². The lowest BCUT2D eigenvalue weighted by molar-refractivity contribution is -0.146. The maximum absolute atomic E-state index is 14.4. The van der Waals surface area contributed by atoms with E-state index in [1.54, 1.807) is 0 Å². The van der Waals surface area contributed by atoms with E-state index in [2.05, 4.69) is 47.4 Å². The summed E-state index contributed by atoms with van der Waals surface area (Å²) < 4.78 is 0. The van der Waals surface area contributed by atoms with Crippen molar-refractivity contribution < 1.29 is 79.5 Å². The number of nitrogens with two attached hydrogens (primary N) is 1. The fraction of sp³-hybridized carbons (Fsp3) is 0.740. The number of hydrogen-bond donors (Lipinski definition) is 15. The smallest absolute Gasteiger partial charge is 0.248 e. The number of primary amides is 1. The summed E-state index contributed by atoms with van der Waals surface area (Å²) >= 11 is 0. The predicted octanol–water partition coefficient (Wildman–Crippen LogP) is -2.87. The van der Waals surface area contributed by atoms with Gasteiger partial charge in [0.15, 0.2) is 6.23 Å². The van der Waals surface area contributed by atoms with Gasteiger partial charge in [0.1, 0.15) is 48.2 Å². The summed E-state index contributed by atoms with van der Waals surface area (Å²) in [7, 11) is 0. The Balaban J connectivity index is 1.66. The van der Waals surface area contributed by atoms with Crippen LogP contribution in [0.1, 0.15) is 129 Å². The average Bonchev–Trinajstić information content (AvgIpc) is 3.92. The molecule has 0 saturated carbocycles. The zero-order valence-corrected chi connectivity index (χ0v) is 42.9. The number of carbonyl (C=O) groups is 7. The van der Waals surface area contributed by atoms with Crippen LogP contribution in [0.15, 0.2) is 24.3 Å². The molecule has 3 saturated heterocycles. The highest BCUT2D eigenvalue weighted by Crippen LogP contribution is 2.26. The number of aromatic hydroxyl groups is 1. The molecule has 1 aromatic carbocycles. The molecule has 0 bridgehead atoms. The van der Waals surface area contributed by atoms with Crippen LogP contribution in [0, 0.1) is 11.8 Å². The number of amides is 7. The van der Waals surface area contributed by atoms with Gasteiger partial charge in [0.2, 0.25) is 41.4 Å². The van der Waals surface area contributed by atoms with E-state index in [0.29, 0.717) is 24.7 Å². The van der Waals surface area contributed by atoms with Gasteiger partial charge in [-0.2, -0.15) is 0 Å². The van der Waals surface area contributed by atoms with Crippen LogP contribution < -0.4 is 32.3 Å². The van der Waals surface area contributed by atoms with Crippen LogP contribution in [0.25, 0.3) is 0 Å². The van der Waals surface area contributed by atoms with Crippen LogP contribution in [0.4, 0.5) is 0 Å². The lowest BCUT2D eigenvalue weighted by atomic mass is 9.91. The van der Waals surface area contributed by atoms with Crippen LogP contribution in [-0.4, -0.2) is 196 Å². The Labute approximate surface area is 431 Å². The number of aliphatic hydroxyl groups excluding tert-OH is 8. The van der Waals surface area contributed by atoms with Gasteiger partial charge < -0.3 is 83.2 Å². The average molecular weight is 1050 g/mol. The Bertz CT molecular complexity index is 2020. The molecule has 4 rings (SSSR count). The summed E-state index contributed by atoms with van der Waals surface area (Å²) in [6, 6.07) is -5.59. The standard InChI is InChI=1S/C50H82N8O16/c1-5-26(2)18-27(3)12-10-8-6-7-9-11-13-40(66)52-33-21-38(64)48(72)56-46(70)35-19-31(61)23-57(35)25-34(37(63)22-39(51)65)53-49(73)42(44(68)43(67)29-14-16-30(60)17-15-29)55-47(71)36-20-32(62)24-58(36)50(74)41(28(4)59)54-45(33)69/h14-17,26-28,31-38,41-44,48,59-64,67-68,72H,5-13,18-25H2,1-4H3,(H2,51,65)(H,52,66)(H,53,73)(H,54,69)(H,55,71)(H,56,70). The van der Waals surface area contributed by atoms with Crippen LogP contribution in [-0.2, 0) is 33.6 Å². The van der Waals surface area contributed by atoms with Crippen molar-refractivity contribution in [1.82, 2.24) is 36.4 Å². The lowest BCUT2D eigenvalue weighted by Crippen LogP contribution is -2.63. The number of unbranched alkanes of at least 4 members (excludes halogenated alkanes) is 5. The van der Waals surface area contributed by atoms with Gasteiger partial charge in [0.25, 0.3) is 0 Å². The van der Waals surface area contributed by atoms with Crippen LogP contribution in [0.3, 0.4) is 0 Å². The monoisotopic (exact) mass is 1050 g/mol. The number of rotatable bonds is 20. The molecule has 74 heavy (non-hydrogen) atoms. The van der Waals surface area contributed by atoms with Crippen molar-refractivity contribution in [2.75, 3.05) is 19.6 Å². The molecule has 7 amide bonds. The van der Waals surface area contributed by atoms with Crippen molar-refractivity contribution in [1.29, 1.82) is 0 Å². The fourth-order valence-corrected chi connectivity index (χ4v) is 9.89. The first kappa shape index (κ1) is 61.5. The highest BCUT2D eigenvalue weighted by Gasteiger charge is 2.47. The Morgan fingerprint density at radius 2 is 1.31 bits per heavy atom. The van der Waals surface area contributed by atoms with E-state index in [-0.39, 0.29) is 30.7 Å². The van der Waals surface area contributed by atoms with Crippen molar-refractivity contribution in [3.8, 4) is 5.75 Å². The zero-order chi connectivity index (χ0) is 55.0. The molecule has 0 radical (unpaired) electrons. The second-order valence-corrected chi connectivity index (χ2v) is 20.7. The molecule has 3 aliphatic heterocycles. The van der Waals surface area contributed by atoms with Gasteiger partial charge in [-0.25, -0.2) is 0 Å². The molecule has 0 spiro atoms. The minimum Gasteiger partial charge on any atom is -0.508 e. The first-order valence-corrected chi connectivity index (χ1v) is 26.0. The fourth-order valence-electron chi connectivity index (χ4n) is 9.89. The van der Waals surface area contributed by atoms with Crippen molar-refractivity contribution in [3.63, 3.8) is 0 Å². The highest BCUT2D eigenvalue weighted by molar-refractivity contribution is 5.96. The van der Waals surface area contributed by atoms with E-state index in [1.165, 1.54) is 35.6 Å². The summed E-state index contributed by atoms with van der Waals surface area (Å²) in [4.78, 5) is 98.6. The van der Waals surface area contributed by atoms with Crippen molar-refractivity contribution in [2.24, 2.45) is 17.6 Å². The maximum atomic E-state index is 14.4. The quantitative estimate of drug-likeness (QED) is 0.0584. The van der Waals surface area contributed by atoms with Gasteiger partial charge in [-0.1, -0.05) is 77.8 Å². The van der Waals surface area contributed by atoms with Crippen LogP contribution in [0.5, 0.6) is 5.75 Å². The molecule has 0 aliphatic carbocycles. The molecular weight excluding hydrogens is 969 g/mol. The number of aliphatic hydroxyl groups is 8. The molecule has 0 aromatic heterocycles. The largest absolute Gasteiger partial charge is 0.508 e. The SMILES string of the molecule is CCC(C)CC(C)CCCCCCCCC(=O)NC1CC(O)C(O)NC(=O)C2CC(O)CN2CC(C(O)CC(N)=O)NC(=O)C(C(O)C(O)c2ccc(O)cc2)NC(=O)C2CC(O)CN2C(=O)C(C(C)O)NC1=O. The predicted molar refractivity (Wildman–Crippen MR) is 265 cm³/mol. The van der Waals surface area contributed by atoms with Crippen molar-refractivity contribution in [2.45, 2.75) is 203 Å². The number of carbonyl (C=O) groups excluding carboxylic acids is 7. The van der Waals surface area contributed by atoms with Gasteiger partial charge in [0.05, 0.1) is 42.9 Å². The van der Waals surface area contributed by atoms with Crippen LogP contribution >= 0.6 is 0 Å². The maximum Gasteiger partial charge on any atom is 0.248 e. The number of benzene rings is 1. The van der Waals surface area contributed by atoms with E-state index >= 15 is 0 Å². The minimum atomic E-state index is -2.24. The number of nitrogens with zero attached hydrogens (tertiary/aromatic N) is 2. The molecule has 3 fully saturated rings. The van der Waals surface area contributed by atoms with Crippen LogP contribution in [0.2, 0.25) is 0 Å².